The Hall–Kier alpha value is -1.17. The van der Waals surface area contributed by atoms with Gasteiger partial charge in [-0.2, -0.15) is 9.57 Å². The fraction of sp³-hybridized carbons (Fsp3) is 0.778. The average Bonchev–Trinajstić information content (AvgIpc) is 2.27. The van der Waals surface area contributed by atoms with Gasteiger partial charge in [0.15, 0.2) is 5.25 Å². The van der Waals surface area contributed by atoms with Gasteiger partial charge in [-0.3, -0.25) is 4.79 Å². The van der Waals surface area contributed by atoms with Crippen molar-refractivity contribution in [2.75, 3.05) is 26.8 Å². The van der Waals surface area contributed by atoms with Crippen LogP contribution in [0.5, 0.6) is 0 Å². The van der Waals surface area contributed by atoms with Crippen LogP contribution in [0.2, 0.25) is 0 Å². The van der Waals surface area contributed by atoms with E-state index in [-0.39, 0.29) is 26.1 Å². The molecule has 0 saturated heterocycles. The number of carboxylic acid groups (broad SMARTS) is 1. The Labute approximate surface area is 101 Å². The van der Waals surface area contributed by atoms with Crippen molar-refractivity contribution >= 4 is 16.0 Å². The molecule has 0 aliphatic carbocycles. The number of ether oxygens (including phenoxy) is 1. The van der Waals surface area contributed by atoms with Crippen LogP contribution in [0.3, 0.4) is 0 Å². The van der Waals surface area contributed by atoms with E-state index in [0.717, 1.165) is 11.2 Å². The van der Waals surface area contributed by atoms with Crippen LogP contribution in [0, 0.1) is 11.3 Å². The standard InChI is InChI=1S/C9H16N2O5S/c1-8(9(12)13)17(14,15)11(5-3-4-10)6-7-16-2/h8H,3,5-7H2,1-2H3,(H,12,13). The molecule has 0 fully saturated rings. The molecule has 0 rings (SSSR count). The van der Waals surface area contributed by atoms with E-state index < -0.39 is 21.2 Å². The van der Waals surface area contributed by atoms with Crippen molar-refractivity contribution in [2.45, 2.75) is 18.6 Å². The summed E-state index contributed by atoms with van der Waals surface area (Å²) in [4.78, 5) is 10.7. The molecule has 1 unspecified atom stereocenters. The number of hydrogen-bond acceptors (Lipinski definition) is 5. The first-order chi connectivity index (χ1) is 7.87. The van der Waals surface area contributed by atoms with E-state index in [1.807, 2.05) is 6.07 Å². The Balaban J connectivity index is 4.88. The number of aliphatic carboxylic acids is 1. The number of carboxylic acids is 1. The molecule has 0 radical (unpaired) electrons. The molecule has 1 atom stereocenters. The average molecular weight is 264 g/mol. The fourth-order valence-corrected chi connectivity index (χ4v) is 2.46. The number of nitrogens with zero attached hydrogens (tertiary/aromatic N) is 2. The van der Waals surface area contributed by atoms with E-state index in [1.54, 1.807) is 0 Å². The van der Waals surface area contributed by atoms with Crippen molar-refractivity contribution in [3.63, 3.8) is 0 Å². The molecule has 0 spiro atoms. The first-order valence-corrected chi connectivity index (χ1v) is 6.46. The Morgan fingerprint density at radius 1 is 1.53 bits per heavy atom. The molecule has 7 nitrogen and oxygen atoms in total. The van der Waals surface area contributed by atoms with Crippen molar-refractivity contribution in [2.24, 2.45) is 0 Å². The highest BCUT2D eigenvalue weighted by Crippen LogP contribution is 2.10. The second-order valence-electron chi connectivity index (χ2n) is 3.33. The Bertz CT molecular complexity index is 387. The summed E-state index contributed by atoms with van der Waals surface area (Å²) in [5, 5.41) is 15.6. The molecule has 0 bridgehead atoms. The molecule has 0 heterocycles. The molecular formula is C9H16N2O5S. The smallest absolute Gasteiger partial charge is 0.323 e. The first kappa shape index (κ1) is 15.8. The lowest BCUT2D eigenvalue weighted by atomic mass is 10.4. The van der Waals surface area contributed by atoms with E-state index in [9.17, 15) is 13.2 Å². The number of sulfonamides is 1. The highest BCUT2D eigenvalue weighted by molar-refractivity contribution is 7.90. The van der Waals surface area contributed by atoms with Gasteiger partial charge in [0, 0.05) is 26.6 Å². The Morgan fingerprint density at radius 3 is 2.53 bits per heavy atom. The van der Waals surface area contributed by atoms with Crippen LogP contribution >= 0.6 is 0 Å². The molecule has 8 heteroatoms. The van der Waals surface area contributed by atoms with Gasteiger partial charge >= 0.3 is 5.97 Å². The zero-order valence-electron chi connectivity index (χ0n) is 9.79. The van der Waals surface area contributed by atoms with Crippen molar-refractivity contribution in [1.82, 2.24) is 4.31 Å². The first-order valence-electron chi connectivity index (χ1n) is 4.95. The minimum atomic E-state index is -3.94. The zero-order chi connectivity index (χ0) is 13.5. The second kappa shape index (κ2) is 7.21. The molecule has 0 aromatic carbocycles. The molecule has 17 heavy (non-hydrogen) atoms. The van der Waals surface area contributed by atoms with E-state index >= 15 is 0 Å². The summed E-state index contributed by atoms with van der Waals surface area (Å²) in [5.41, 5.74) is 0. The normalized spacial score (nSPS) is 13.3. The summed E-state index contributed by atoms with van der Waals surface area (Å²) in [5.74, 6) is -1.41. The summed E-state index contributed by atoms with van der Waals surface area (Å²) in [7, 11) is -2.53. The van der Waals surface area contributed by atoms with E-state index in [0.29, 0.717) is 0 Å². The number of rotatable bonds is 8. The molecule has 98 valence electrons. The second-order valence-corrected chi connectivity index (χ2v) is 5.58. The van der Waals surface area contributed by atoms with Crippen LogP contribution in [-0.4, -0.2) is 55.9 Å². The largest absolute Gasteiger partial charge is 0.480 e. The third-order valence-electron chi connectivity index (χ3n) is 2.17. The van der Waals surface area contributed by atoms with Gasteiger partial charge in [-0.1, -0.05) is 0 Å². The third kappa shape index (κ3) is 4.68. The van der Waals surface area contributed by atoms with Gasteiger partial charge in [-0.15, -0.1) is 0 Å². The lowest BCUT2D eigenvalue weighted by Gasteiger charge is -2.22. The maximum Gasteiger partial charge on any atom is 0.323 e. The van der Waals surface area contributed by atoms with Crippen molar-refractivity contribution in [3.05, 3.63) is 0 Å². The van der Waals surface area contributed by atoms with Gasteiger partial charge in [0.1, 0.15) is 0 Å². The van der Waals surface area contributed by atoms with Crippen molar-refractivity contribution in [3.8, 4) is 6.07 Å². The molecule has 0 aromatic heterocycles. The molecule has 0 aromatic rings. The third-order valence-corrected chi connectivity index (χ3v) is 4.35. The van der Waals surface area contributed by atoms with Crippen LogP contribution in [0.15, 0.2) is 0 Å². The van der Waals surface area contributed by atoms with E-state index in [1.165, 1.54) is 7.11 Å². The lowest BCUT2D eigenvalue weighted by Crippen LogP contribution is -2.43. The van der Waals surface area contributed by atoms with Gasteiger partial charge in [-0.25, -0.2) is 8.42 Å². The lowest BCUT2D eigenvalue weighted by molar-refractivity contribution is -0.136. The van der Waals surface area contributed by atoms with Crippen molar-refractivity contribution in [1.29, 1.82) is 5.26 Å². The van der Waals surface area contributed by atoms with Gasteiger partial charge < -0.3 is 9.84 Å². The summed E-state index contributed by atoms with van der Waals surface area (Å²) >= 11 is 0. The van der Waals surface area contributed by atoms with E-state index in [2.05, 4.69) is 0 Å². The van der Waals surface area contributed by atoms with Gasteiger partial charge in [0.25, 0.3) is 0 Å². The quantitative estimate of drug-likeness (QED) is 0.642. The molecule has 0 saturated carbocycles. The topological polar surface area (TPSA) is 108 Å². The zero-order valence-corrected chi connectivity index (χ0v) is 10.6. The molecule has 0 aliphatic heterocycles. The summed E-state index contributed by atoms with van der Waals surface area (Å²) in [6.45, 7) is 1.26. The predicted molar refractivity (Wildman–Crippen MR) is 59.7 cm³/mol. The number of carbonyl (C=O) groups is 1. The Kier molecular flexibility index (Phi) is 6.72. The van der Waals surface area contributed by atoms with Crippen LogP contribution in [0.4, 0.5) is 0 Å². The molecule has 1 N–H and O–H groups in total. The predicted octanol–water partition coefficient (Wildman–Crippen LogP) is -0.349. The molecule has 0 aliphatic rings. The summed E-state index contributed by atoms with van der Waals surface area (Å²) < 4.78 is 29.5. The van der Waals surface area contributed by atoms with Gasteiger partial charge in [0.05, 0.1) is 12.7 Å². The number of methoxy groups -OCH3 is 1. The monoisotopic (exact) mass is 264 g/mol. The Morgan fingerprint density at radius 2 is 2.12 bits per heavy atom. The molecular weight excluding hydrogens is 248 g/mol. The van der Waals surface area contributed by atoms with Gasteiger partial charge in [-0.05, 0) is 6.92 Å². The van der Waals surface area contributed by atoms with Crippen LogP contribution < -0.4 is 0 Å². The SMILES string of the molecule is COCCN(CCC#N)S(=O)(=O)C(C)C(=O)O. The minimum Gasteiger partial charge on any atom is -0.480 e. The van der Waals surface area contributed by atoms with Crippen LogP contribution in [0.1, 0.15) is 13.3 Å². The van der Waals surface area contributed by atoms with Crippen LogP contribution in [0.25, 0.3) is 0 Å². The van der Waals surface area contributed by atoms with E-state index in [4.69, 9.17) is 15.1 Å². The number of nitriles is 1. The van der Waals surface area contributed by atoms with Crippen molar-refractivity contribution < 1.29 is 23.1 Å². The highest BCUT2D eigenvalue weighted by Gasteiger charge is 2.33. The minimum absolute atomic E-state index is 0.00921. The molecule has 0 amide bonds. The maximum atomic E-state index is 11.9. The summed E-state index contributed by atoms with van der Waals surface area (Å²) in [6, 6.07) is 1.82. The maximum absolute atomic E-state index is 11.9. The fourth-order valence-electron chi connectivity index (χ4n) is 1.09. The highest BCUT2D eigenvalue weighted by atomic mass is 32.2. The number of hydrogen-bond donors (Lipinski definition) is 1. The summed E-state index contributed by atoms with van der Waals surface area (Å²) in [6.07, 6.45) is 0.00921. The van der Waals surface area contributed by atoms with Crippen LogP contribution in [-0.2, 0) is 19.6 Å². The van der Waals surface area contributed by atoms with Gasteiger partial charge in [0.2, 0.25) is 10.0 Å².